The molecule has 0 spiro atoms. The molecule has 1 saturated heterocycles. The standard InChI is InChI=1S/C10H24O2Si2/c1-9(2)11-13(5)7-14(6,8-13)12-10(3)4/h9-10H,7-8H2,1-6H3. The van der Waals surface area contributed by atoms with Gasteiger partial charge in [0, 0.05) is 12.2 Å². The second-order valence-electron chi connectivity index (χ2n) is 5.59. The highest BCUT2D eigenvalue weighted by Gasteiger charge is 2.56. The van der Waals surface area contributed by atoms with E-state index in [1.165, 1.54) is 11.3 Å². The Kier molecular flexibility index (Phi) is 3.62. The van der Waals surface area contributed by atoms with Gasteiger partial charge in [0.15, 0.2) is 16.6 Å². The van der Waals surface area contributed by atoms with E-state index in [1.54, 1.807) is 0 Å². The van der Waals surface area contributed by atoms with Crippen LogP contribution in [-0.2, 0) is 8.85 Å². The number of hydrogen-bond acceptors (Lipinski definition) is 2. The molecule has 0 aromatic rings. The lowest BCUT2D eigenvalue weighted by Crippen LogP contribution is -2.64. The van der Waals surface area contributed by atoms with Crippen LogP contribution in [0.15, 0.2) is 0 Å². The Morgan fingerprint density at radius 3 is 1.29 bits per heavy atom. The van der Waals surface area contributed by atoms with E-state index < -0.39 is 16.6 Å². The highest BCUT2D eigenvalue weighted by atomic mass is 28.5. The maximum atomic E-state index is 6.04. The van der Waals surface area contributed by atoms with E-state index in [2.05, 4.69) is 40.8 Å². The Hall–Kier alpha value is 0.354. The molecule has 1 aliphatic heterocycles. The molecule has 0 aromatic heterocycles. The lowest BCUT2D eigenvalue weighted by molar-refractivity contribution is 0.203. The van der Waals surface area contributed by atoms with Crippen LogP contribution < -0.4 is 0 Å². The minimum atomic E-state index is -1.33. The maximum absolute atomic E-state index is 6.04. The number of rotatable bonds is 4. The monoisotopic (exact) mass is 232 g/mol. The molecule has 0 unspecified atom stereocenters. The van der Waals surface area contributed by atoms with Crippen molar-refractivity contribution in [2.24, 2.45) is 0 Å². The van der Waals surface area contributed by atoms with Crippen molar-refractivity contribution in [3.05, 3.63) is 0 Å². The average Bonchev–Trinajstić information content (AvgIpc) is 1.76. The lowest BCUT2D eigenvalue weighted by Gasteiger charge is -2.49. The fourth-order valence-electron chi connectivity index (χ4n) is 2.84. The summed E-state index contributed by atoms with van der Waals surface area (Å²) < 4.78 is 12.1. The van der Waals surface area contributed by atoms with E-state index in [4.69, 9.17) is 8.85 Å². The van der Waals surface area contributed by atoms with Crippen molar-refractivity contribution in [3.63, 3.8) is 0 Å². The summed E-state index contributed by atoms with van der Waals surface area (Å²) in [5, 5.41) is 0. The van der Waals surface area contributed by atoms with Crippen LogP contribution in [0.3, 0.4) is 0 Å². The molecule has 1 rings (SSSR count). The van der Waals surface area contributed by atoms with E-state index >= 15 is 0 Å². The molecular formula is C10H24O2Si2. The minimum absolute atomic E-state index is 0.393. The van der Waals surface area contributed by atoms with Crippen molar-refractivity contribution in [3.8, 4) is 0 Å². The summed E-state index contributed by atoms with van der Waals surface area (Å²) in [5.74, 6) is 0. The van der Waals surface area contributed by atoms with E-state index in [9.17, 15) is 0 Å². The molecule has 1 fully saturated rings. The fourth-order valence-corrected chi connectivity index (χ4v) is 18.7. The lowest BCUT2D eigenvalue weighted by atomic mass is 10.5. The minimum Gasteiger partial charge on any atom is -0.415 e. The van der Waals surface area contributed by atoms with Crippen LogP contribution in [0.25, 0.3) is 0 Å². The molecule has 0 bridgehead atoms. The van der Waals surface area contributed by atoms with Crippen molar-refractivity contribution in [2.75, 3.05) is 0 Å². The normalized spacial score (nSPS) is 37.7. The summed E-state index contributed by atoms with van der Waals surface area (Å²) in [4.78, 5) is 0. The summed E-state index contributed by atoms with van der Waals surface area (Å²) in [6.07, 6.45) is 0.786. The average molecular weight is 232 g/mol. The molecule has 0 radical (unpaired) electrons. The molecule has 4 heteroatoms. The summed E-state index contributed by atoms with van der Waals surface area (Å²) in [6, 6.07) is 0. The molecule has 14 heavy (non-hydrogen) atoms. The molecule has 0 amide bonds. The highest BCUT2D eigenvalue weighted by molar-refractivity contribution is 7.07. The largest absolute Gasteiger partial charge is 0.415 e. The zero-order valence-electron chi connectivity index (χ0n) is 10.4. The summed E-state index contributed by atoms with van der Waals surface area (Å²) >= 11 is 0. The van der Waals surface area contributed by atoms with Crippen LogP contribution in [0.1, 0.15) is 27.7 Å². The van der Waals surface area contributed by atoms with Gasteiger partial charge in [0.2, 0.25) is 0 Å². The van der Waals surface area contributed by atoms with E-state index in [-0.39, 0.29) is 0 Å². The van der Waals surface area contributed by atoms with Gasteiger partial charge in [-0.05, 0) is 52.1 Å². The third kappa shape index (κ3) is 3.19. The first-order valence-corrected chi connectivity index (χ1v) is 11.2. The van der Waals surface area contributed by atoms with Crippen LogP contribution in [0.5, 0.6) is 0 Å². The third-order valence-electron chi connectivity index (χ3n) is 2.54. The molecular weight excluding hydrogens is 208 g/mol. The summed E-state index contributed by atoms with van der Waals surface area (Å²) in [6.45, 7) is 13.3. The zero-order valence-corrected chi connectivity index (χ0v) is 12.4. The van der Waals surface area contributed by atoms with E-state index in [1.807, 2.05) is 0 Å². The number of hydrogen-bond donors (Lipinski definition) is 0. The Balaban J connectivity index is 2.40. The second-order valence-corrected chi connectivity index (χ2v) is 14.7. The smallest absolute Gasteiger partial charge is 0.189 e. The Morgan fingerprint density at radius 2 is 1.07 bits per heavy atom. The second kappa shape index (κ2) is 4.08. The maximum Gasteiger partial charge on any atom is 0.189 e. The Morgan fingerprint density at radius 1 is 0.786 bits per heavy atom. The molecule has 0 aliphatic carbocycles. The van der Waals surface area contributed by atoms with Gasteiger partial charge in [0.1, 0.15) is 0 Å². The molecule has 0 aromatic carbocycles. The molecule has 84 valence electrons. The van der Waals surface area contributed by atoms with Crippen LogP contribution in [0.2, 0.25) is 24.4 Å². The molecule has 2 nitrogen and oxygen atoms in total. The summed E-state index contributed by atoms with van der Waals surface area (Å²) in [5.41, 5.74) is 2.58. The molecule has 0 saturated carbocycles. The predicted molar refractivity (Wildman–Crippen MR) is 65.3 cm³/mol. The molecule has 0 N–H and O–H groups in total. The van der Waals surface area contributed by atoms with Gasteiger partial charge in [-0.2, -0.15) is 0 Å². The first-order chi connectivity index (χ1) is 6.25. The Labute approximate surface area is 90.3 Å². The van der Waals surface area contributed by atoms with Gasteiger partial charge in [0.05, 0.1) is 0 Å². The SMILES string of the molecule is CC(C)O[Si]1(C)C[Si](C)(OC(C)C)C1. The van der Waals surface area contributed by atoms with Crippen molar-refractivity contribution >= 4 is 16.6 Å². The van der Waals surface area contributed by atoms with Gasteiger partial charge in [-0.25, -0.2) is 0 Å². The van der Waals surface area contributed by atoms with Gasteiger partial charge < -0.3 is 8.85 Å². The van der Waals surface area contributed by atoms with Gasteiger partial charge in [-0.3, -0.25) is 0 Å². The van der Waals surface area contributed by atoms with Gasteiger partial charge >= 0.3 is 0 Å². The quantitative estimate of drug-likeness (QED) is 0.694. The van der Waals surface area contributed by atoms with Crippen LogP contribution in [0.4, 0.5) is 0 Å². The Bertz CT molecular complexity index is 178. The highest BCUT2D eigenvalue weighted by Crippen LogP contribution is 2.42. The van der Waals surface area contributed by atoms with Crippen molar-refractivity contribution in [1.82, 2.24) is 0 Å². The first kappa shape index (κ1) is 12.4. The molecule has 1 aliphatic rings. The predicted octanol–water partition coefficient (Wildman–Crippen LogP) is 3.08. The zero-order chi connectivity index (χ0) is 11.0. The van der Waals surface area contributed by atoms with Gasteiger partial charge in [0.25, 0.3) is 0 Å². The van der Waals surface area contributed by atoms with Crippen LogP contribution >= 0.6 is 0 Å². The molecule has 1 heterocycles. The van der Waals surface area contributed by atoms with Crippen molar-refractivity contribution in [1.29, 1.82) is 0 Å². The van der Waals surface area contributed by atoms with E-state index in [0.29, 0.717) is 12.2 Å². The van der Waals surface area contributed by atoms with Gasteiger partial charge in [-0.1, -0.05) is 0 Å². The van der Waals surface area contributed by atoms with E-state index in [0.717, 1.165) is 0 Å². The third-order valence-corrected chi connectivity index (χ3v) is 16.6. The van der Waals surface area contributed by atoms with Crippen molar-refractivity contribution < 1.29 is 8.85 Å². The van der Waals surface area contributed by atoms with Crippen LogP contribution in [0, 0.1) is 0 Å². The topological polar surface area (TPSA) is 18.5 Å². The van der Waals surface area contributed by atoms with Crippen molar-refractivity contribution in [2.45, 2.75) is 64.3 Å². The molecule has 0 atom stereocenters. The fraction of sp³-hybridized carbons (Fsp3) is 1.00. The first-order valence-electron chi connectivity index (χ1n) is 5.60. The summed E-state index contributed by atoms with van der Waals surface area (Å²) in [7, 11) is -2.65. The van der Waals surface area contributed by atoms with Crippen LogP contribution in [-0.4, -0.2) is 28.8 Å². The van der Waals surface area contributed by atoms with Gasteiger partial charge in [-0.15, -0.1) is 0 Å².